The molecule has 3 heteroatoms. The van der Waals surface area contributed by atoms with Crippen LogP contribution in [0.25, 0.3) is 0 Å². The van der Waals surface area contributed by atoms with E-state index in [0.29, 0.717) is 17.9 Å². The highest BCUT2D eigenvalue weighted by molar-refractivity contribution is 5.52. The summed E-state index contributed by atoms with van der Waals surface area (Å²) in [6.07, 6.45) is 1.71. The predicted octanol–water partition coefficient (Wildman–Crippen LogP) is 0.375. The number of fused-ring (bicyclic) bond motifs is 1. The highest BCUT2D eigenvalue weighted by Gasteiger charge is 2.58. The van der Waals surface area contributed by atoms with E-state index in [9.17, 15) is 4.79 Å². The highest BCUT2D eigenvalue weighted by atomic mass is 16.1. The van der Waals surface area contributed by atoms with Crippen LogP contribution in [0, 0.1) is 23.2 Å². The fourth-order valence-electron chi connectivity index (χ4n) is 2.22. The molecule has 0 aromatic carbocycles. The number of hydrogen-bond acceptors (Lipinski definition) is 2. The SMILES string of the molecule is C[C@H]1C2CC(C#N)N(C=O)C21. The fourth-order valence-corrected chi connectivity index (χ4v) is 2.22. The molecule has 1 aliphatic carbocycles. The van der Waals surface area contributed by atoms with Crippen LogP contribution in [0.15, 0.2) is 0 Å². The van der Waals surface area contributed by atoms with E-state index in [4.69, 9.17) is 5.26 Å². The zero-order chi connectivity index (χ0) is 8.01. The molecule has 4 atom stereocenters. The van der Waals surface area contributed by atoms with E-state index in [1.165, 1.54) is 0 Å². The zero-order valence-corrected chi connectivity index (χ0v) is 6.40. The monoisotopic (exact) mass is 150 g/mol. The van der Waals surface area contributed by atoms with Crippen LogP contribution in [-0.4, -0.2) is 23.4 Å². The van der Waals surface area contributed by atoms with Gasteiger partial charge < -0.3 is 4.90 Å². The number of nitrogens with zero attached hydrogens (tertiary/aromatic N) is 2. The summed E-state index contributed by atoms with van der Waals surface area (Å²) >= 11 is 0. The minimum Gasteiger partial charge on any atom is -0.326 e. The molecule has 11 heavy (non-hydrogen) atoms. The van der Waals surface area contributed by atoms with Crippen molar-refractivity contribution >= 4 is 6.41 Å². The minimum atomic E-state index is -0.140. The highest BCUT2D eigenvalue weighted by Crippen LogP contribution is 2.52. The van der Waals surface area contributed by atoms with Crippen molar-refractivity contribution < 1.29 is 4.79 Å². The van der Waals surface area contributed by atoms with Crippen molar-refractivity contribution in [1.82, 2.24) is 4.90 Å². The number of rotatable bonds is 1. The van der Waals surface area contributed by atoms with E-state index in [2.05, 4.69) is 13.0 Å². The molecule has 1 aliphatic heterocycles. The first-order valence-electron chi connectivity index (χ1n) is 3.92. The van der Waals surface area contributed by atoms with Gasteiger partial charge in [0.25, 0.3) is 0 Å². The van der Waals surface area contributed by atoms with Crippen LogP contribution < -0.4 is 0 Å². The lowest BCUT2D eigenvalue weighted by Crippen LogP contribution is -2.31. The van der Waals surface area contributed by atoms with Crippen LogP contribution in [0.1, 0.15) is 13.3 Å². The molecule has 58 valence electrons. The van der Waals surface area contributed by atoms with Crippen LogP contribution in [0.3, 0.4) is 0 Å². The average Bonchev–Trinajstić information content (AvgIpc) is 2.50. The van der Waals surface area contributed by atoms with Crippen molar-refractivity contribution in [2.45, 2.75) is 25.4 Å². The average molecular weight is 150 g/mol. The number of carbonyl (C=O) groups excluding carboxylic acids is 1. The van der Waals surface area contributed by atoms with Crippen LogP contribution in [0.5, 0.6) is 0 Å². The number of hydrogen-bond donors (Lipinski definition) is 0. The Kier molecular flexibility index (Phi) is 1.19. The van der Waals surface area contributed by atoms with Gasteiger partial charge in [0, 0.05) is 6.04 Å². The Balaban J connectivity index is 2.14. The Morgan fingerprint density at radius 1 is 1.73 bits per heavy atom. The van der Waals surface area contributed by atoms with Gasteiger partial charge in [0.15, 0.2) is 0 Å². The van der Waals surface area contributed by atoms with Gasteiger partial charge in [0.05, 0.1) is 6.07 Å². The van der Waals surface area contributed by atoms with Gasteiger partial charge in [-0.05, 0) is 18.3 Å². The van der Waals surface area contributed by atoms with Crippen molar-refractivity contribution in [1.29, 1.82) is 5.26 Å². The van der Waals surface area contributed by atoms with Gasteiger partial charge in [-0.15, -0.1) is 0 Å². The lowest BCUT2D eigenvalue weighted by Gasteiger charge is -2.17. The summed E-state index contributed by atoms with van der Waals surface area (Å²) in [5.74, 6) is 1.25. The summed E-state index contributed by atoms with van der Waals surface area (Å²) in [6.45, 7) is 2.14. The third kappa shape index (κ3) is 0.697. The van der Waals surface area contributed by atoms with E-state index in [-0.39, 0.29) is 6.04 Å². The van der Waals surface area contributed by atoms with Crippen LogP contribution >= 0.6 is 0 Å². The normalized spacial score (nSPS) is 46.4. The Morgan fingerprint density at radius 3 is 3.00 bits per heavy atom. The third-order valence-corrected chi connectivity index (χ3v) is 2.98. The van der Waals surface area contributed by atoms with E-state index < -0.39 is 0 Å². The molecule has 1 amide bonds. The minimum absolute atomic E-state index is 0.140. The van der Waals surface area contributed by atoms with Crippen molar-refractivity contribution in [2.24, 2.45) is 11.8 Å². The molecule has 0 N–H and O–H groups in total. The molecule has 1 saturated heterocycles. The summed E-state index contributed by atoms with van der Waals surface area (Å²) in [6, 6.07) is 2.39. The summed E-state index contributed by atoms with van der Waals surface area (Å²) in [5, 5.41) is 8.64. The molecule has 0 radical (unpaired) electrons. The second kappa shape index (κ2) is 1.97. The molecule has 0 spiro atoms. The molecule has 2 fully saturated rings. The fraction of sp³-hybridized carbons (Fsp3) is 0.750. The van der Waals surface area contributed by atoms with Gasteiger partial charge in [-0.3, -0.25) is 4.79 Å². The molecular weight excluding hydrogens is 140 g/mol. The number of carbonyl (C=O) groups is 1. The van der Waals surface area contributed by atoms with Crippen LogP contribution in [0.2, 0.25) is 0 Å². The second-order valence-electron chi connectivity index (χ2n) is 3.45. The molecule has 2 rings (SSSR count). The molecule has 1 heterocycles. The number of piperidine rings is 1. The smallest absolute Gasteiger partial charge is 0.211 e. The maximum Gasteiger partial charge on any atom is 0.211 e. The summed E-state index contributed by atoms with van der Waals surface area (Å²) in [7, 11) is 0. The maximum atomic E-state index is 10.5. The number of amides is 1. The first-order valence-corrected chi connectivity index (χ1v) is 3.92. The Bertz CT molecular complexity index is 233. The lowest BCUT2D eigenvalue weighted by atomic mass is 10.1. The van der Waals surface area contributed by atoms with Gasteiger partial charge in [0.2, 0.25) is 6.41 Å². The largest absolute Gasteiger partial charge is 0.326 e. The van der Waals surface area contributed by atoms with E-state index >= 15 is 0 Å². The Hall–Kier alpha value is -1.04. The quantitative estimate of drug-likeness (QED) is 0.507. The standard InChI is InChI=1S/C8H10N2O/c1-5-7-2-6(3-9)10(4-11)8(5)7/h4-8H,2H2,1H3/t5-,6?,7?,8?/m0/s1. The van der Waals surface area contributed by atoms with Crippen LogP contribution in [-0.2, 0) is 4.79 Å². The summed E-state index contributed by atoms with van der Waals surface area (Å²) in [4.78, 5) is 12.2. The van der Waals surface area contributed by atoms with Crippen molar-refractivity contribution in [3.05, 3.63) is 0 Å². The molecular formula is C8H10N2O. The van der Waals surface area contributed by atoms with Crippen molar-refractivity contribution in [3.8, 4) is 6.07 Å². The second-order valence-corrected chi connectivity index (χ2v) is 3.45. The molecule has 0 aromatic rings. The Labute approximate surface area is 65.6 Å². The topological polar surface area (TPSA) is 44.1 Å². The molecule has 3 nitrogen and oxygen atoms in total. The van der Waals surface area contributed by atoms with Gasteiger partial charge >= 0.3 is 0 Å². The first-order chi connectivity index (χ1) is 5.29. The van der Waals surface area contributed by atoms with Crippen molar-refractivity contribution in [2.75, 3.05) is 0 Å². The number of likely N-dealkylation sites (tertiary alicyclic amines) is 1. The third-order valence-electron chi connectivity index (χ3n) is 2.98. The van der Waals surface area contributed by atoms with E-state index in [1.54, 1.807) is 4.90 Å². The maximum absolute atomic E-state index is 10.5. The zero-order valence-electron chi connectivity index (χ0n) is 6.40. The summed E-state index contributed by atoms with van der Waals surface area (Å²) < 4.78 is 0. The molecule has 3 unspecified atom stereocenters. The molecule has 0 bridgehead atoms. The van der Waals surface area contributed by atoms with Gasteiger partial charge in [-0.1, -0.05) is 6.92 Å². The van der Waals surface area contributed by atoms with E-state index in [0.717, 1.165) is 12.8 Å². The number of nitriles is 1. The lowest BCUT2D eigenvalue weighted by molar-refractivity contribution is -0.119. The van der Waals surface area contributed by atoms with Gasteiger partial charge in [-0.25, -0.2) is 0 Å². The van der Waals surface area contributed by atoms with Gasteiger partial charge in [-0.2, -0.15) is 5.26 Å². The first kappa shape index (κ1) is 6.66. The molecule has 1 saturated carbocycles. The van der Waals surface area contributed by atoms with Gasteiger partial charge in [0.1, 0.15) is 6.04 Å². The summed E-state index contributed by atoms with van der Waals surface area (Å²) in [5.41, 5.74) is 0. The van der Waals surface area contributed by atoms with Crippen LogP contribution in [0.4, 0.5) is 0 Å². The van der Waals surface area contributed by atoms with Crippen molar-refractivity contribution in [3.63, 3.8) is 0 Å². The molecule has 0 aromatic heterocycles. The van der Waals surface area contributed by atoms with E-state index in [1.807, 2.05) is 0 Å². The predicted molar refractivity (Wildman–Crippen MR) is 38.4 cm³/mol. The Morgan fingerprint density at radius 2 is 2.45 bits per heavy atom. The molecule has 2 aliphatic rings.